The number of nitrogens with zero attached hydrogens (tertiary/aromatic N) is 2. The molecule has 0 aliphatic carbocycles. The summed E-state index contributed by atoms with van der Waals surface area (Å²) in [6.07, 6.45) is 0.233. The highest BCUT2D eigenvalue weighted by Crippen LogP contribution is 2.28. The Balaban J connectivity index is 1.79. The maximum atomic E-state index is 14.4. The minimum Gasteiger partial charge on any atom is -0.497 e. The van der Waals surface area contributed by atoms with Crippen LogP contribution in [-0.4, -0.2) is 51.4 Å². The van der Waals surface area contributed by atoms with Gasteiger partial charge >= 0.3 is 0 Å². The number of rotatable bonds is 13. The lowest BCUT2D eigenvalue weighted by Crippen LogP contribution is -2.53. The minimum absolute atomic E-state index is 0.0273. The van der Waals surface area contributed by atoms with E-state index in [1.54, 1.807) is 73.7 Å². The van der Waals surface area contributed by atoms with E-state index in [0.29, 0.717) is 17.3 Å². The number of hydrogen-bond acceptors (Lipinski definition) is 5. The average Bonchev–Trinajstić information content (AvgIpc) is 3.03. The molecule has 10 heteroatoms. The molecule has 0 spiro atoms. The van der Waals surface area contributed by atoms with Gasteiger partial charge in [-0.3, -0.25) is 13.9 Å². The topological polar surface area (TPSA) is 96.0 Å². The molecule has 4 rings (SSSR count). The smallest absolute Gasteiger partial charge is 0.264 e. The molecule has 2 amide bonds. The van der Waals surface area contributed by atoms with Crippen molar-refractivity contribution in [1.82, 2.24) is 10.2 Å². The van der Waals surface area contributed by atoms with Crippen LogP contribution in [0, 0.1) is 0 Å². The van der Waals surface area contributed by atoms with Gasteiger partial charge in [0.1, 0.15) is 18.3 Å². The summed E-state index contributed by atoms with van der Waals surface area (Å²) in [6, 6.07) is 29.9. The molecule has 224 valence electrons. The third-order valence-corrected chi connectivity index (χ3v) is 8.88. The lowest BCUT2D eigenvalue weighted by Gasteiger charge is -2.34. The zero-order valence-electron chi connectivity index (χ0n) is 24.0. The van der Waals surface area contributed by atoms with Crippen LogP contribution in [-0.2, 0) is 32.6 Å². The van der Waals surface area contributed by atoms with Gasteiger partial charge < -0.3 is 15.0 Å². The molecular weight excluding hydrogens is 586 g/mol. The van der Waals surface area contributed by atoms with Crippen LogP contribution >= 0.6 is 11.6 Å². The number of nitrogens with one attached hydrogen (secondary N) is 1. The van der Waals surface area contributed by atoms with Gasteiger partial charge in [0.05, 0.1) is 17.7 Å². The van der Waals surface area contributed by atoms with Crippen molar-refractivity contribution in [2.75, 3.05) is 24.5 Å². The third-order valence-electron chi connectivity index (χ3n) is 6.84. The Morgan fingerprint density at radius 3 is 2.14 bits per heavy atom. The Morgan fingerprint density at radius 1 is 0.860 bits per heavy atom. The largest absolute Gasteiger partial charge is 0.497 e. The quantitative estimate of drug-likeness (QED) is 0.219. The molecule has 0 aliphatic heterocycles. The molecule has 1 unspecified atom stereocenters. The average molecular weight is 620 g/mol. The molecule has 4 aromatic carbocycles. The Labute approximate surface area is 257 Å². The zero-order valence-corrected chi connectivity index (χ0v) is 25.6. The summed E-state index contributed by atoms with van der Waals surface area (Å²) in [7, 11) is -2.71. The molecule has 0 fully saturated rings. The van der Waals surface area contributed by atoms with Crippen molar-refractivity contribution in [2.45, 2.75) is 30.8 Å². The number of carbonyl (C=O) groups is 2. The van der Waals surface area contributed by atoms with E-state index in [4.69, 9.17) is 16.3 Å². The van der Waals surface area contributed by atoms with Crippen LogP contribution < -0.4 is 14.4 Å². The fourth-order valence-electron chi connectivity index (χ4n) is 4.65. The Hall–Kier alpha value is -4.34. The molecule has 0 bridgehead atoms. The lowest BCUT2D eigenvalue weighted by atomic mass is 10.0. The second kappa shape index (κ2) is 14.7. The van der Waals surface area contributed by atoms with Crippen LogP contribution in [0.15, 0.2) is 114 Å². The van der Waals surface area contributed by atoms with Crippen molar-refractivity contribution in [3.8, 4) is 5.75 Å². The van der Waals surface area contributed by atoms with E-state index in [1.165, 1.54) is 24.1 Å². The van der Waals surface area contributed by atoms with Gasteiger partial charge in [0.2, 0.25) is 11.8 Å². The first-order chi connectivity index (χ1) is 20.7. The summed E-state index contributed by atoms with van der Waals surface area (Å²) >= 11 is 6.11. The molecule has 4 aromatic rings. The van der Waals surface area contributed by atoms with Crippen molar-refractivity contribution in [1.29, 1.82) is 0 Å². The minimum atomic E-state index is -4.19. The van der Waals surface area contributed by atoms with Crippen molar-refractivity contribution in [3.05, 3.63) is 125 Å². The van der Waals surface area contributed by atoms with Crippen molar-refractivity contribution >= 4 is 39.1 Å². The number of benzene rings is 4. The van der Waals surface area contributed by atoms with E-state index >= 15 is 0 Å². The van der Waals surface area contributed by atoms with Gasteiger partial charge in [-0.1, -0.05) is 78.3 Å². The first-order valence-electron chi connectivity index (χ1n) is 13.8. The molecule has 0 radical (unpaired) electrons. The number of hydrogen-bond donors (Lipinski definition) is 1. The van der Waals surface area contributed by atoms with Gasteiger partial charge in [0, 0.05) is 30.6 Å². The number of sulfonamides is 1. The third kappa shape index (κ3) is 8.15. The molecule has 43 heavy (non-hydrogen) atoms. The molecule has 0 saturated carbocycles. The molecular formula is C33H34ClN3O5S. The monoisotopic (exact) mass is 619 g/mol. The molecule has 0 heterocycles. The van der Waals surface area contributed by atoms with E-state index in [0.717, 1.165) is 15.4 Å². The number of methoxy groups -OCH3 is 1. The second-order valence-electron chi connectivity index (χ2n) is 9.77. The number of anilines is 1. The molecule has 0 saturated heterocycles. The van der Waals surface area contributed by atoms with Crippen LogP contribution in [0.5, 0.6) is 5.75 Å². The highest BCUT2D eigenvalue weighted by molar-refractivity contribution is 7.92. The lowest BCUT2D eigenvalue weighted by molar-refractivity contribution is -0.140. The molecule has 1 atom stereocenters. The number of carbonyl (C=O) groups excluding carboxylic acids is 2. The number of amides is 2. The summed E-state index contributed by atoms with van der Waals surface area (Å²) in [5.41, 5.74) is 1.84. The zero-order chi connectivity index (χ0) is 30.8. The van der Waals surface area contributed by atoms with Crippen LogP contribution in [0.1, 0.15) is 18.1 Å². The Bertz CT molecular complexity index is 1620. The maximum absolute atomic E-state index is 14.4. The Kier molecular flexibility index (Phi) is 10.8. The SMILES string of the molecule is CCNC(=O)C(Cc1ccccc1)N(Cc1ccc(Cl)cc1)C(=O)CN(c1cccc(OC)c1)S(=O)(=O)c1ccccc1. The summed E-state index contributed by atoms with van der Waals surface area (Å²) in [4.78, 5) is 29.3. The maximum Gasteiger partial charge on any atom is 0.264 e. The molecule has 1 N–H and O–H groups in total. The van der Waals surface area contributed by atoms with E-state index in [2.05, 4.69) is 5.32 Å². The highest BCUT2D eigenvalue weighted by Gasteiger charge is 2.34. The normalized spacial score (nSPS) is 11.8. The van der Waals surface area contributed by atoms with Gasteiger partial charge in [-0.25, -0.2) is 8.42 Å². The highest BCUT2D eigenvalue weighted by atomic mass is 35.5. The van der Waals surface area contributed by atoms with E-state index in [9.17, 15) is 18.0 Å². The first kappa shape index (κ1) is 31.6. The number of ether oxygens (including phenoxy) is 1. The fraction of sp³-hybridized carbons (Fsp3) is 0.212. The Morgan fingerprint density at radius 2 is 1.51 bits per heavy atom. The van der Waals surface area contributed by atoms with Crippen LogP contribution in [0.3, 0.4) is 0 Å². The summed E-state index contributed by atoms with van der Waals surface area (Å²) < 4.78 is 34.4. The van der Waals surface area contributed by atoms with Gasteiger partial charge in [0.15, 0.2) is 0 Å². The van der Waals surface area contributed by atoms with Gasteiger partial charge in [-0.15, -0.1) is 0 Å². The molecule has 0 aromatic heterocycles. The van der Waals surface area contributed by atoms with Gasteiger partial charge in [-0.2, -0.15) is 0 Å². The van der Waals surface area contributed by atoms with E-state index < -0.39 is 28.5 Å². The summed E-state index contributed by atoms with van der Waals surface area (Å²) in [5.74, 6) is -0.461. The molecule has 8 nitrogen and oxygen atoms in total. The van der Waals surface area contributed by atoms with Crippen molar-refractivity contribution in [3.63, 3.8) is 0 Å². The predicted octanol–water partition coefficient (Wildman–Crippen LogP) is 5.32. The number of halogens is 1. The van der Waals surface area contributed by atoms with Crippen molar-refractivity contribution < 1.29 is 22.7 Å². The standard InChI is InChI=1S/C33H34ClN3O5S/c1-3-35-33(39)31(21-25-11-6-4-7-12-25)36(23-26-17-19-27(34)20-18-26)32(38)24-37(28-13-10-14-29(22-28)42-2)43(40,41)30-15-8-5-9-16-30/h4-20,22,31H,3,21,23-24H2,1-2H3,(H,35,39). The van der Waals surface area contributed by atoms with Crippen molar-refractivity contribution in [2.24, 2.45) is 0 Å². The number of likely N-dealkylation sites (N-methyl/N-ethyl adjacent to an activating group) is 1. The van der Waals surface area contributed by atoms with E-state index in [1.807, 2.05) is 30.3 Å². The second-order valence-corrected chi connectivity index (χ2v) is 12.1. The van der Waals surface area contributed by atoms with E-state index in [-0.39, 0.29) is 29.5 Å². The summed E-state index contributed by atoms with van der Waals surface area (Å²) in [6.45, 7) is 1.68. The van der Waals surface area contributed by atoms with Crippen LogP contribution in [0.25, 0.3) is 0 Å². The predicted molar refractivity (Wildman–Crippen MR) is 169 cm³/mol. The summed E-state index contributed by atoms with van der Waals surface area (Å²) in [5, 5.41) is 3.38. The van der Waals surface area contributed by atoms with Gasteiger partial charge in [-0.05, 0) is 54.4 Å². The molecule has 0 aliphatic rings. The van der Waals surface area contributed by atoms with Gasteiger partial charge in [0.25, 0.3) is 10.0 Å². The fourth-order valence-corrected chi connectivity index (χ4v) is 6.20. The van der Waals surface area contributed by atoms with Crippen LogP contribution in [0.4, 0.5) is 5.69 Å². The first-order valence-corrected chi connectivity index (χ1v) is 15.6. The van der Waals surface area contributed by atoms with Crippen LogP contribution in [0.2, 0.25) is 5.02 Å².